The highest BCUT2D eigenvalue weighted by atomic mass is 32.2. The minimum absolute atomic E-state index is 0.112. The number of carbonyl (C=O) groups excluding carboxylic acids is 1. The first-order valence-electron chi connectivity index (χ1n) is 9.46. The van der Waals surface area contributed by atoms with E-state index < -0.39 is 0 Å². The molecule has 0 spiro atoms. The average Bonchev–Trinajstić information content (AvgIpc) is 2.65. The Bertz CT molecular complexity index is 454. The Labute approximate surface area is 168 Å². The fourth-order valence-corrected chi connectivity index (χ4v) is 3.23. The first-order chi connectivity index (χ1) is 12.7. The lowest BCUT2D eigenvalue weighted by Gasteiger charge is -2.20. The predicted octanol–water partition coefficient (Wildman–Crippen LogP) is 4.82. The van der Waals surface area contributed by atoms with Gasteiger partial charge in [-0.1, -0.05) is 63.6 Å². The van der Waals surface area contributed by atoms with Crippen molar-refractivity contribution in [2.75, 3.05) is 25.4 Å². The third-order valence-corrected chi connectivity index (χ3v) is 5.09. The molecule has 0 atom stereocenters. The van der Waals surface area contributed by atoms with E-state index in [2.05, 4.69) is 6.92 Å². The van der Waals surface area contributed by atoms with Gasteiger partial charge in [0.05, 0.1) is 37.3 Å². The number of unbranched alkanes of at least 4 members (excludes halogenated alkanes) is 7. The highest BCUT2D eigenvalue weighted by molar-refractivity contribution is 8.23. The molecule has 7 heteroatoms. The molecule has 0 fully saturated rings. The number of ether oxygens (including phenoxy) is 1. The number of nitrogens with zero attached hydrogens (tertiary/aromatic N) is 3. The summed E-state index contributed by atoms with van der Waals surface area (Å²) in [5, 5.41) is 17.3. The number of hydrogen-bond acceptors (Lipinski definition) is 6. The normalized spacial score (nSPS) is 9.96. The minimum atomic E-state index is -0.112. The van der Waals surface area contributed by atoms with Crippen LogP contribution >= 0.6 is 24.0 Å². The average molecular weight is 398 g/mol. The van der Waals surface area contributed by atoms with Crippen molar-refractivity contribution in [2.45, 2.75) is 71.1 Å². The van der Waals surface area contributed by atoms with Crippen LogP contribution in [0.15, 0.2) is 0 Å². The van der Waals surface area contributed by atoms with Gasteiger partial charge in [0, 0.05) is 13.1 Å². The van der Waals surface area contributed by atoms with Gasteiger partial charge in [0.15, 0.2) is 0 Å². The second-order valence-electron chi connectivity index (χ2n) is 6.06. The number of rotatable bonds is 15. The molecular weight excluding hydrogens is 366 g/mol. The van der Waals surface area contributed by atoms with Gasteiger partial charge in [-0.2, -0.15) is 10.5 Å². The van der Waals surface area contributed by atoms with E-state index in [-0.39, 0.29) is 24.5 Å². The van der Waals surface area contributed by atoms with E-state index >= 15 is 0 Å². The van der Waals surface area contributed by atoms with Gasteiger partial charge < -0.3 is 9.64 Å². The van der Waals surface area contributed by atoms with Gasteiger partial charge in [-0.15, -0.1) is 0 Å². The summed E-state index contributed by atoms with van der Waals surface area (Å²) < 4.78 is 5.89. The first kappa shape index (κ1) is 24.7. The SMILES string of the molecule is CCCCCCCCCCOC(=S)SCC(=O)N(CCC#N)CCC#N. The lowest BCUT2D eigenvalue weighted by atomic mass is 10.1. The summed E-state index contributed by atoms with van der Waals surface area (Å²) in [4.78, 5) is 13.7. The van der Waals surface area contributed by atoms with Gasteiger partial charge in [-0.25, -0.2) is 0 Å². The van der Waals surface area contributed by atoms with Crippen molar-refractivity contribution in [3.05, 3.63) is 0 Å². The van der Waals surface area contributed by atoms with Gasteiger partial charge in [-0.3, -0.25) is 4.79 Å². The van der Waals surface area contributed by atoms with Crippen LogP contribution in [0.1, 0.15) is 71.1 Å². The molecule has 0 saturated heterocycles. The molecular formula is C19H31N3O2S2. The molecule has 0 rings (SSSR count). The number of nitriles is 2. The third kappa shape index (κ3) is 15.0. The zero-order valence-electron chi connectivity index (χ0n) is 15.9. The molecule has 0 aliphatic heterocycles. The maximum Gasteiger partial charge on any atom is 0.233 e. The highest BCUT2D eigenvalue weighted by Gasteiger charge is 2.14. The molecule has 0 bridgehead atoms. The molecule has 146 valence electrons. The van der Waals surface area contributed by atoms with Crippen LogP contribution in [0.4, 0.5) is 0 Å². The largest absolute Gasteiger partial charge is 0.479 e. The summed E-state index contributed by atoms with van der Waals surface area (Å²) >= 11 is 6.36. The summed E-state index contributed by atoms with van der Waals surface area (Å²) in [6.45, 7) is 3.52. The molecule has 5 nitrogen and oxygen atoms in total. The Morgan fingerprint density at radius 1 is 1.00 bits per heavy atom. The maximum absolute atomic E-state index is 12.2. The Hall–Kier alpha value is -1.31. The predicted molar refractivity (Wildman–Crippen MR) is 111 cm³/mol. The number of amides is 1. The molecule has 0 heterocycles. The van der Waals surface area contributed by atoms with Gasteiger partial charge >= 0.3 is 0 Å². The van der Waals surface area contributed by atoms with Crippen LogP contribution < -0.4 is 0 Å². The summed E-state index contributed by atoms with van der Waals surface area (Å²) in [5.74, 6) is 0.0751. The molecule has 0 radical (unpaired) electrons. The van der Waals surface area contributed by atoms with E-state index in [0.717, 1.165) is 12.8 Å². The van der Waals surface area contributed by atoms with E-state index in [4.69, 9.17) is 27.5 Å². The Morgan fingerprint density at radius 3 is 2.08 bits per heavy atom. The molecule has 1 amide bonds. The summed E-state index contributed by atoms with van der Waals surface area (Å²) in [6, 6.07) is 4.04. The fourth-order valence-electron chi connectivity index (χ4n) is 2.38. The minimum Gasteiger partial charge on any atom is -0.479 e. The summed E-state index contributed by atoms with van der Waals surface area (Å²) in [6.07, 6.45) is 10.4. The molecule has 0 aliphatic rings. The van der Waals surface area contributed by atoms with E-state index in [1.807, 2.05) is 12.1 Å². The number of hydrogen-bond donors (Lipinski definition) is 0. The maximum atomic E-state index is 12.2. The van der Waals surface area contributed by atoms with Gasteiger partial charge in [-0.05, 0) is 18.6 Å². The van der Waals surface area contributed by atoms with Crippen LogP contribution in [0, 0.1) is 22.7 Å². The van der Waals surface area contributed by atoms with Crippen LogP contribution in [-0.2, 0) is 9.53 Å². The van der Waals surface area contributed by atoms with Crippen molar-refractivity contribution >= 4 is 34.3 Å². The van der Waals surface area contributed by atoms with Crippen LogP contribution in [-0.4, -0.2) is 40.6 Å². The van der Waals surface area contributed by atoms with Crippen molar-refractivity contribution in [2.24, 2.45) is 0 Å². The van der Waals surface area contributed by atoms with Crippen molar-refractivity contribution < 1.29 is 9.53 Å². The molecule has 0 aromatic rings. The van der Waals surface area contributed by atoms with Gasteiger partial charge in [0.25, 0.3) is 0 Å². The number of carbonyl (C=O) groups is 1. The van der Waals surface area contributed by atoms with E-state index in [1.54, 1.807) is 4.90 Å². The molecule has 0 aliphatic carbocycles. The van der Waals surface area contributed by atoms with E-state index in [0.29, 0.717) is 24.1 Å². The summed E-state index contributed by atoms with van der Waals surface area (Å²) in [7, 11) is 0. The van der Waals surface area contributed by atoms with Crippen LogP contribution in [0.25, 0.3) is 0 Å². The first-order valence-corrected chi connectivity index (χ1v) is 10.9. The fraction of sp³-hybridized carbons (Fsp3) is 0.789. The van der Waals surface area contributed by atoms with E-state index in [9.17, 15) is 4.79 Å². The van der Waals surface area contributed by atoms with Crippen molar-refractivity contribution in [1.82, 2.24) is 4.90 Å². The topological polar surface area (TPSA) is 77.1 Å². The van der Waals surface area contributed by atoms with Crippen LogP contribution in [0.5, 0.6) is 0 Å². The lowest BCUT2D eigenvalue weighted by molar-refractivity contribution is -0.128. The zero-order valence-corrected chi connectivity index (χ0v) is 17.5. The second-order valence-corrected chi connectivity index (χ2v) is 7.64. The monoisotopic (exact) mass is 397 g/mol. The van der Waals surface area contributed by atoms with Crippen molar-refractivity contribution in [3.8, 4) is 12.1 Å². The van der Waals surface area contributed by atoms with Crippen LogP contribution in [0.2, 0.25) is 0 Å². The van der Waals surface area contributed by atoms with E-state index in [1.165, 1.54) is 50.3 Å². The standard InChI is InChI=1S/C19H31N3O2S2/c1-2-3-4-5-6-7-8-9-16-24-19(25)26-17-18(23)22(14-10-12-20)15-11-13-21/h2-11,14-17H2,1H3. The quantitative estimate of drug-likeness (QED) is 0.291. The number of thioether (sulfide) groups is 1. The summed E-state index contributed by atoms with van der Waals surface area (Å²) in [5.41, 5.74) is 0. The lowest BCUT2D eigenvalue weighted by Crippen LogP contribution is -2.34. The van der Waals surface area contributed by atoms with Crippen molar-refractivity contribution in [3.63, 3.8) is 0 Å². The van der Waals surface area contributed by atoms with Crippen LogP contribution in [0.3, 0.4) is 0 Å². The molecule has 0 aromatic carbocycles. The Morgan fingerprint density at radius 2 is 1.54 bits per heavy atom. The van der Waals surface area contributed by atoms with Gasteiger partial charge in [0.2, 0.25) is 10.3 Å². The Balaban J connectivity index is 3.77. The zero-order chi connectivity index (χ0) is 19.5. The molecule has 0 N–H and O–H groups in total. The third-order valence-electron chi connectivity index (χ3n) is 3.87. The second kappa shape index (κ2) is 18.5. The molecule has 0 saturated carbocycles. The molecule has 0 aromatic heterocycles. The van der Waals surface area contributed by atoms with Gasteiger partial charge in [0.1, 0.15) is 0 Å². The number of thiocarbonyl (C=S) groups is 1. The Kier molecular flexibility index (Phi) is 17.5. The molecule has 26 heavy (non-hydrogen) atoms. The van der Waals surface area contributed by atoms with Crippen molar-refractivity contribution in [1.29, 1.82) is 10.5 Å². The molecule has 0 unspecified atom stereocenters. The highest BCUT2D eigenvalue weighted by Crippen LogP contribution is 2.11. The smallest absolute Gasteiger partial charge is 0.233 e.